The predicted molar refractivity (Wildman–Crippen MR) is 116 cm³/mol. The van der Waals surface area contributed by atoms with E-state index in [1.807, 2.05) is 40.6 Å². The Balaban J connectivity index is 0.00000225. The summed E-state index contributed by atoms with van der Waals surface area (Å²) in [5.74, 6) is 4.41. The van der Waals surface area contributed by atoms with E-state index in [0.29, 0.717) is 6.04 Å². The van der Waals surface area contributed by atoms with Crippen molar-refractivity contribution in [3.63, 3.8) is 0 Å². The molecule has 25 heavy (non-hydrogen) atoms. The van der Waals surface area contributed by atoms with Crippen molar-refractivity contribution in [3.05, 3.63) is 30.2 Å². The molecular formula is C17H27IN6S. The maximum atomic E-state index is 4.71. The van der Waals surface area contributed by atoms with Crippen LogP contribution in [0.25, 0.3) is 5.65 Å². The van der Waals surface area contributed by atoms with Gasteiger partial charge in [-0.15, -0.1) is 34.2 Å². The molecule has 1 aliphatic rings. The van der Waals surface area contributed by atoms with E-state index in [4.69, 9.17) is 4.99 Å². The highest BCUT2D eigenvalue weighted by molar-refractivity contribution is 14.0. The summed E-state index contributed by atoms with van der Waals surface area (Å²) < 4.78 is 2.05. The van der Waals surface area contributed by atoms with Crippen molar-refractivity contribution in [1.82, 2.24) is 25.2 Å². The molecule has 0 amide bonds. The first kappa shape index (κ1) is 20.3. The van der Waals surface area contributed by atoms with E-state index >= 15 is 0 Å². The molecule has 3 rings (SSSR count). The zero-order valence-electron chi connectivity index (χ0n) is 14.6. The Bertz CT molecular complexity index is 668. The molecule has 1 saturated heterocycles. The zero-order chi connectivity index (χ0) is 16.6. The van der Waals surface area contributed by atoms with Crippen LogP contribution in [-0.2, 0) is 6.42 Å². The Morgan fingerprint density at radius 2 is 2.32 bits per heavy atom. The van der Waals surface area contributed by atoms with Crippen LogP contribution in [0.2, 0.25) is 0 Å². The Kier molecular flexibility index (Phi) is 8.80. The van der Waals surface area contributed by atoms with Crippen LogP contribution in [0.4, 0.5) is 0 Å². The van der Waals surface area contributed by atoms with Crippen molar-refractivity contribution in [2.24, 2.45) is 4.99 Å². The van der Waals surface area contributed by atoms with Crippen molar-refractivity contribution in [2.75, 3.05) is 24.6 Å². The first-order valence-electron chi connectivity index (χ1n) is 8.78. The molecule has 1 fully saturated rings. The Hall–Kier alpha value is -1.03. The highest BCUT2D eigenvalue weighted by Gasteiger charge is 2.14. The zero-order valence-corrected chi connectivity index (χ0v) is 17.8. The summed E-state index contributed by atoms with van der Waals surface area (Å²) in [5, 5.41) is 15.4. The number of aromatic nitrogens is 3. The fraction of sp³-hybridized carbons (Fsp3) is 0.588. The molecule has 2 aromatic heterocycles. The number of nitrogens with zero attached hydrogens (tertiary/aromatic N) is 4. The Morgan fingerprint density at radius 3 is 3.12 bits per heavy atom. The lowest BCUT2D eigenvalue weighted by molar-refractivity contribution is 0.581. The lowest BCUT2D eigenvalue weighted by Gasteiger charge is -2.24. The van der Waals surface area contributed by atoms with Crippen LogP contribution in [0.3, 0.4) is 0 Å². The molecule has 0 spiro atoms. The first-order valence-corrected chi connectivity index (χ1v) is 9.93. The van der Waals surface area contributed by atoms with Crippen molar-refractivity contribution in [2.45, 2.75) is 38.6 Å². The number of hydrogen-bond acceptors (Lipinski definition) is 4. The maximum Gasteiger partial charge on any atom is 0.191 e. The molecule has 8 heteroatoms. The maximum absolute atomic E-state index is 4.71. The molecule has 1 atom stereocenters. The van der Waals surface area contributed by atoms with Gasteiger partial charge in [-0.3, -0.25) is 9.39 Å². The molecule has 3 heterocycles. The van der Waals surface area contributed by atoms with Gasteiger partial charge in [0.25, 0.3) is 0 Å². The summed E-state index contributed by atoms with van der Waals surface area (Å²) in [7, 11) is 0. The summed E-state index contributed by atoms with van der Waals surface area (Å²) in [4.78, 5) is 4.71. The van der Waals surface area contributed by atoms with Gasteiger partial charge in [-0.05, 0) is 44.1 Å². The highest BCUT2D eigenvalue weighted by Crippen LogP contribution is 2.16. The molecule has 138 valence electrons. The molecule has 2 aromatic rings. The topological polar surface area (TPSA) is 66.6 Å². The van der Waals surface area contributed by atoms with E-state index in [0.717, 1.165) is 43.4 Å². The van der Waals surface area contributed by atoms with Crippen LogP contribution in [0.5, 0.6) is 0 Å². The van der Waals surface area contributed by atoms with E-state index < -0.39 is 0 Å². The summed E-state index contributed by atoms with van der Waals surface area (Å²) in [6.45, 7) is 3.78. The van der Waals surface area contributed by atoms with Gasteiger partial charge in [0.05, 0.1) is 0 Å². The first-order chi connectivity index (χ1) is 11.9. The van der Waals surface area contributed by atoms with Crippen molar-refractivity contribution < 1.29 is 0 Å². The van der Waals surface area contributed by atoms with E-state index in [9.17, 15) is 0 Å². The average Bonchev–Trinajstić information content (AvgIpc) is 3.03. The SMILES string of the molecule is CCNC(=NCCCc1nnc2ccccn12)NC1CCCSC1.I. The monoisotopic (exact) mass is 474 g/mol. The minimum absolute atomic E-state index is 0. The number of hydrogen-bond donors (Lipinski definition) is 2. The van der Waals surface area contributed by atoms with Crippen LogP contribution in [-0.4, -0.2) is 51.2 Å². The van der Waals surface area contributed by atoms with E-state index in [1.54, 1.807) is 0 Å². The van der Waals surface area contributed by atoms with Gasteiger partial charge in [0.2, 0.25) is 0 Å². The largest absolute Gasteiger partial charge is 0.357 e. The second-order valence-electron chi connectivity index (χ2n) is 5.97. The molecule has 2 N–H and O–H groups in total. The van der Waals surface area contributed by atoms with Crippen LogP contribution in [0, 0.1) is 0 Å². The molecule has 0 aliphatic carbocycles. The molecule has 1 aliphatic heterocycles. The van der Waals surface area contributed by atoms with Gasteiger partial charge < -0.3 is 10.6 Å². The van der Waals surface area contributed by atoms with Gasteiger partial charge in [-0.1, -0.05) is 6.07 Å². The van der Waals surface area contributed by atoms with Crippen molar-refractivity contribution in [1.29, 1.82) is 0 Å². The van der Waals surface area contributed by atoms with Gasteiger partial charge in [0.15, 0.2) is 11.6 Å². The molecule has 0 aromatic carbocycles. The summed E-state index contributed by atoms with van der Waals surface area (Å²) in [5.41, 5.74) is 0.904. The molecule has 0 bridgehead atoms. The van der Waals surface area contributed by atoms with Gasteiger partial charge in [0, 0.05) is 37.5 Å². The molecule has 1 unspecified atom stereocenters. The summed E-state index contributed by atoms with van der Waals surface area (Å²) in [6, 6.07) is 6.51. The van der Waals surface area contributed by atoms with E-state index in [-0.39, 0.29) is 24.0 Å². The Morgan fingerprint density at radius 1 is 1.40 bits per heavy atom. The number of pyridine rings is 1. The van der Waals surface area contributed by atoms with Crippen molar-refractivity contribution >= 4 is 47.3 Å². The van der Waals surface area contributed by atoms with Gasteiger partial charge in [-0.2, -0.15) is 11.8 Å². The number of thioether (sulfide) groups is 1. The third-order valence-electron chi connectivity index (χ3n) is 4.06. The third-order valence-corrected chi connectivity index (χ3v) is 5.27. The smallest absolute Gasteiger partial charge is 0.191 e. The van der Waals surface area contributed by atoms with Crippen molar-refractivity contribution in [3.8, 4) is 0 Å². The molecule has 0 saturated carbocycles. The van der Waals surface area contributed by atoms with E-state index in [2.05, 4.69) is 27.8 Å². The van der Waals surface area contributed by atoms with Crippen LogP contribution >= 0.6 is 35.7 Å². The fourth-order valence-corrected chi connectivity index (χ4v) is 3.93. The van der Waals surface area contributed by atoms with Crippen LogP contribution < -0.4 is 10.6 Å². The molecule has 0 radical (unpaired) electrons. The normalized spacial score (nSPS) is 18.0. The summed E-state index contributed by atoms with van der Waals surface area (Å²) >= 11 is 2.03. The Labute approximate surface area is 170 Å². The number of aryl methyl sites for hydroxylation is 1. The minimum Gasteiger partial charge on any atom is -0.357 e. The third kappa shape index (κ3) is 6.02. The van der Waals surface area contributed by atoms with Crippen LogP contribution in [0.15, 0.2) is 29.4 Å². The summed E-state index contributed by atoms with van der Waals surface area (Å²) in [6.07, 6.45) is 6.39. The molecule has 6 nitrogen and oxygen atoms in total. The number of nitrogens with one attached hydrogen (secondary N) is 2. The predicted octanol–water partition coefficient (Wildman–Crippen LogP) is 2.73. The van der Waals surface area contributed by atoms with Gasteiger partial charge in [0.1, 0.15) is 5.82 Å². The number of fused-ring (bicyclic) bond motifs is 1. The van der Waals surface area contributed by atoms with E-state index in [1.165, 1.54) is 24.3 Å². The van der Waals surface area contributed by atoms with Gasteiger partial charge in [-0.25, -0.2) is 0 Å². The second kappa shape index (κ2) is 10.8. The lowest BCUT2D eigenvalue weighted by Crippen LogP contribution is -2.45. The van der Waals surface area contributed by atoms with Gasteiger partial charge >= 0.3 is 0 Å². The second-order valence-corrected chi connectivity index (χ2v) is 7.12. The minimum atomic E-state index is 0. The number of rotatable bonds is 6. The number of halogens is 1. The number of aliphatic imine (C=N–C) groups is 1. The number of guanidine groups is 1. The van der Waals surface area contributed by atoms with Crippen LogP contribution in [0.1, 0.15) is 32.0 Å². The fourth-order valence-electron chi connectivity index (χ4n) is 2.86. The average molecular weight is 474 g/mol. The standard InChI is InChI=1S/C17H26N6S.HI/c1-2-18-17(20-14-7-6-12-24-13-14)19-10-5-9-16-22-21-15-8-3-4-11-23(15)16;/h3-4,8,11,14H,2,5-7,9-10,12-13H2,1H3,(H2,18,19,20);1H. The lowest BCUT2D eigenvalue weighted by atomic mass is 10.2. The molecular weight excluding hydrogens is 447 g/mol. The highest BCUT2D eigenvalue weighted by atomic mass is 127. The quantitative estimate of drug-likeness (QED) is 0.292.